The lowest BCUT2D eigenvalue weighted by molar-refractivity contribution is -0.141. The van der Waals surface area contributed by atoms with Crippen LogP contribution >= 0.6 is 15.9 Å². The van der Waals surface area contributed by atoms with Crippen molar-refractivity contribution in [3.63, 3.8) is 0 Å². The lowest BCUT2D eigenvalue weighted by Gasteiger charge is -2.17. The molecule has 0 saturated carbocycles. The number of hydrogen-bond acceptors (Lipinski definition) is 5. The standard InChI is InChI=1S/C16H15BrN2O6/c1-24-13-4-8-2-3-18-14(10(8)6-11(13)17)25-9-5-12(15(20)21)19(7-9)16(22)23/h2-4,6,9,12H,5,7H2,1H3,(H,20,21)(H,22,23)/t9-,12+/m1/s1. The third kappa shape index (κ3) is 3.32. The summed E-state index contributed by atoms with van der Waals surface area (Å²) < 4.78 is 11.8. The van der Waals surface area contributed by atoms with E-state index in [1.165, 1.54) is 0 Å². The molecule has 0 bridgehead atoms. The topological polar surface area (TPSA) is 109 Å². The van der Waals surface area contributed by atoms with Gasteiger partial charge in [-0.3, -0.25) is 4.90 Å². The van der Waals surface area contributed by atoms with Gasteiger partial charge in [-0.05, 0) is 39.5 Å². The summed E-state index contributed by atoms with van der Waals surface area (Å²) in [5.74, 6) is -0.206. The number of aromatic nitrogens is 1. The van der Waals surface area contributed by atoms with Crippen molar-refractivity contribution in [2.24, 2.45) is 0 Å². The number of nitrogens with zero attached hydrogens (tertiary/aromatic N) is 2. The van der Waals surface area contributed by atoms with Gasteiger partial charge in [-0.1, -0.05) is 0 Å². The van der Waals surface area contributed by atoms with Gasteiger partial charge in [0, 0.05) is 18.0 Å². The Labute approximate surface area is 151 Å². The second-order valence-corrected chi connectivity index (χ2v) is 6.44. The second kappa shape index (κ2) is 6.75. The van der Waals surface area contributed by atoms with Crippen molar-refractivity contribution in [3.05, 3.63) is 28.9 Å². The third-order valence-corrected chi connectivity index (χ3v) is 4.69. The first kappa shape index (κ1) is 17.3. The van der Waals surface area contributed by atoms with Gasteiger partial charge in [-0.25, -0.2) is 14.6 Å². The maximum absolute atomic E-state index is 11.2. The van der Waals surface area contributed by atoms with Crippen LogP contribution in [0.4, 0.5) is 4.79 Å². The Morgan fingerprint density at radius 1 is 1.36 bits per heavy atom. The highest BCUT2D eigenvalue weighted by Crippen LogP contribution is 2.34. The summed E-state index contributed by atoms with van der Waals surface area (Å²) in [4.78, 5) is 27.5. The van der Waals surface area contributed by atoms with E-state index < -0.39 is 24.2 Å². The van der Waals surface area contributed by atoms with Gasteiger partial charge in [0.05, 0.1) is 18.1 Å². The number of methoxy groups -OCH3 is 1. The molecular weight excluding hydrogens is 396 g/mol. The number of aliphatic carboxylic acids is 1. The quantitative estimate of drug-likeness (QED) is 0.796. The Morgan fingerprint density at radius 2 is 2.12 bits per heavy atom. The first-order valence-corrected chi connectivity index (χ1v) is 8.21. The van der Waals surface area contributed by atoms with Gasteiger partial charge in [0.25, 0.3) is 0 Å². The Bertz CT molecular complexity index is 821. The highest BCUT2D eigenvalue weighted by Gasteiger charge is 2.41. The van der Waals surface area contributed by atoms with Crippen molar-refractivity contribution in [3.8, 4) is 11.6 Å². The molecule has 25 heavy (non-hydrogen) atoms. The predicted molar refractivity (Wildman–Crippen MR) is 91.2 cm³/mol. The molecule has 1 fully saturated rings. The monoisotopic (exact) mass is 410 g/mol. The highest BCUT2D eigenvalue weighted by molar-refractivity contribution is 9.10. The van der Waals surface area contributed by atoms with Crippen molar-refractivity contribution in [1.29, 1.82) is 0 Å². The minimum absolute atomic E-state index is 0.0261. The number of ether oxygens (including phenoxy) is 2. The van der Waals surface area contributed by atoms with E-state index in [0.717, 1.165) is 20.1 Å². The molecule has 132 valence electrons. The number of likely N-dealkylation sites (tertiary alicyclic amines) is 1. The average Bonchev–Trinajstić information content (AvgIpc) is 2.99. The molecule has 2 heterocycles. The summed E-state index contributed by atoms with van der Waals surface area (Å²) in [5.41, 5.74) is 0. The molecule has 9 heteroatoms. The van der Waals surface area contributed by atoms with E-state index in [2.05, 4.69) is 20.9 Å². The number of fused-ring (bicyclic) bond motifs is 1. The van der Waals surface area contributed by atoms with E-state index >= 15 is 0 Å². The number of carboxylic acids is 1. The number of halogens is 1. The molecule has 1 aliphatic heterocycles. The molecule has 3 rings (SSSR count). The van der Waals surface area contributed by atoms with Crippen LogP contribution in [0.3, 0.4) is 0 Å². The summed E-state index contributed by atoms with van der Waals surface area (Å²) in [6.45, 7) is -0.0261. The van der Waals surface area contributed by atoms with Crippen LogP contribution in [-0.2, 0) is 4.79 Å². The van der Waals surface area contributed by atoms with E-state index in [1.54, 1.807) is 25.4 Å². The molecule has 1 aromatic heterocycles. The van der Waals surface area contributed by atoms with Gasteiger partial charge in [0.2, 0.25) is 5.88 Å². The number of carboxylic acid groups (broad SMARTS) is 2. The summed E-state index contributed by atoms with van der Waals surface area (Å²) in [6, 6.07) is 4.31. The molecular formula is C16H15BrN2O6. The summed E-state index contributed by atoms with van der Waals surface area (Å²) in [7, 11) is 1.57. The second-order valence-electron chi connectivity index (χ2n) is 5.59. The predicted octanol–water partition coefficient (Wildman–Crippen LogP) is 2.59. The number of hydrogen-bond donors (Lipinski definition) is 2. The van der Waals surface area contributed by atoms with Crippen LogP contribution in [0.25, 0.3) is 10.8 Å². The maximum atomic E-state index is 11.2. The average molecular weight is 411 g/mol. The number of rotatable bonds is 4. The molecule has 1 aromatic carbocycles. The van der Waals surface area contributed by atoms with Crippen LogP contribution in [0.15, 0.2) is 28.9 Å². The highest BCUT2D eigenvalue weighted by atomic mass is 79.9. The van der Waals surface area contributed by atoms with Crippen LogP contribution in [0, 0.1) is 0 Å². The molecule has 2 atom stereocenters. The lowest BCUT2D eigenvalue weighted by Crippen LogP contribution is -2.39. The van der Waals surface area contributed by atoms with E-state index in [1.807, 2.05) is 6.07 Å². The van der Waals surface area contributed by atoms with Crippen molar-refractivity contribution < 1.29 is 29.3 Å². The van der Waals surface area contributed by atoms with Crippen LogP contribution in [0.1, 0.15) is 6.42 Å². The van der Waals surface area contributed by atoms with Crippen molar-refractivity contribution in [1.82, 2.24) is 9.88 Å². The first-order valence-electron chi connectivity index (χ1n) is 7.42. The summed E-state index contributed by atoms with van der Waals surface area (Å²) in [5, 5.41) is 19.9. The third-order valence-electron chi connectivity index (χ3n) is 4.07. The van der Waals surface area contributed by atoms with Crippen LogP contribution in [0.2, 0.25) is 0 Å². The Hall–Kier alpha value is -2.55. The van der Waals surface area contributed by atoms with Gasteiger partial charge in [0.15, 0.2) is 0 Å². The van der Waals surface area contributed by atoms with Crippen LogP contribution in [-0.4, -0.2) is 58.0 Å². The van der Waals surface area contributed by atoms with Gasteiger partial charge in [-0.2, -0.15) is 0 Å². The molecule has 1 amide bonds. The zero-order valence-electron chi connectivity index (χ0n) is 13.2. The molecule has 0 unspecified atom stereocenters. The van der Waals surface area contributed by atoms with Gasteiger partial charge in [-0.15, -0.1) is 0 Å². The fourth-order valence-electron chi connectivity index (χ4n) is 2.88. The van der Waals surface area contributed by atoms with E-state index in [9.17, 15) is 14.7 Å². The number of pyridine rings is 1. The zero-order valence-corrected chi connectivity index (χ0v) is 14.8. The maximum Gasteiger partial charge on any atom is 0.408 e. The summed E-state index contributed by atoms with van der Waals surface area (Å²) in [6.07, 6.45) is -0.228. The smallest absolute Gasteiger partial charge is 0.408 e. The van der Waals surface area contributed by atoms with Gasteiger partial charge < -0.3 is 19.7 Å². The number of benzene rings is 1. The van der Waals surface area contributed by atoms with Crippen molar-refractivity contribution in [2.45, 2.75) is 18.6 Å². The fourth-order valence-corrected chi connectivity index (χ4v) is 3.39. The molecule has 1 saturated heterocycles. The Morgan fingerprint density at radius 3 is 2.72 bits per heavy atom. The largest absolute Gasteiger partial charge is 0.496 e. The number of amides is 1. The molecule has 0 aliphatic carbocycles. The zero-order chi connectivity index (χ0) is 18.1. The minimum Gasteiger partial charge on any atom is -0.496 e. The molecule has 1 aliphatic rings. The molecule has 0 spiro atoms. The van der Waals surface area contributed by atoms with Crippen LogP contribution in [0.5, 0.6) is 11.6 Å². The lowest BCUT2D eigenvalue weighted by atomic mass is 10.1. The van der Waals surface area contributed by atoms with Crippen LogP contribution < -0.4 is 9.47 Å². The van der Waals surface area contributed by atoms with Crippen molar-refractivity contribution >= 4 is 38.8 Å². The van der Waals surface area contributed by atoms with E-state index in [4.69, 9.17) is 14.6 Å². The normalized spacial score (nSPS) is 19.8. The van der Waals surface area contributed by atoms with Gasteiger partial charge >= 0.3 is 12.1 Å². The minimum atomic E-state index is -1.28. The fraction of sp³-hybridized carbons (Fsp3) is 0.312. The Kier molecular flexibility index (Phi) is 4.67. The van der Waals surface area contributed by atoms with E-state index in [0.29, 0.717) is 11.6 Å². The van der Waals surface area contributed by atoms with Crippen molar-refractivity contribution in [2.75, 3.05) is 13.7 Å². The SMILES string of the molecule is COc1cc2ccnc(O[C@@H]3C[C@@H](C(=O)O)N(C(=O)O)C3)c2cc1Br. The van der Waals surface area contributed by atoms with E-state index in [-0.39, 0.29) is 13.0 Å². The first-order chi connectivity index (χ1) is 11.9. The Balaban J connectivity index is 1.90. The molecule has 2 N–H and O–H groups in total. The molecule has 2 aromatic rings. The summed E-state index contributed by atoms with van der Waals surface area (Å²) >= 11 is 3.41. The molecule has 0 radical (unpaired) electrons. The number of carbonyl (C=O) groups is 2. The molecule has 8 nitrogen and oxygen atoms in total. The van der Waals surface area contributed by atoms with Gasteiger partial charge in [0.1, 0.15) is 17.9 Å².